The fraction of sp³-hybridized carbons (Fsp3) is 1.00. The van der Waals surface area contributed by atoms with Crippen LogP contribution in [0.1, 0.15) is 12.8 Å². The molecule has 0 amide bonds. The first kappa shape index (κ1) is 8.48. The summed E-state index contributed by atoms with van der Waals surface area (Å²) in [7, 11) is 2.17. The van der Waals surface area contributed by atoms with Crippen molar-refractivity contribution in [1.82, 2.24) is 4.90 Å². The molecule has 0 aromatic carbocycles. The highest BCUT2D eigenvalue weighted by molar-refractivity contribution is 4.73. The van der Waals surface area contributed by atoms with Crippen molar-refractivity contribution in [3.05, 3.63) is 0 Å². The van der Waals surface area contributed by atoms with Gasteiger partial charge in [0.1, 0.15) is 6.10 Å². The summed E-state index contributed by atoms with van der Waals surface area (Å²) in [6, 6.07) is 0. The van der Waals surface area contributed by atoms with Gasteiger partial charge in [-0.3, -0.25) is 0 Å². The maximum absolute atomic E-state index is 5.70. The molecule has 3 nitrogen and oxygen atoms in total. The molecule has 2 aliphatic heterocycles. The average molecular weight is 171 g/mol. The van der Waals surface area contributed by atoms with E-state index in [1.807, 2.05) is 0 Å². The Morgan fingerprint density at radius 3 is 2.67 bits per heavy atom. The predicted octanol–water partition coefficient (Wildman–Crippen LogP) is 0.496. The normalized spacial score (nSPS) is 32.2. The Kier molecular flexibility index (Phi) is 2.63. The molecule has 0 saturated carbocycles. The molecule has 2 saturated heterocycles. The van der Waals surface area contributed by atoms with Crippen LogP contribution in [0, 0.1) is 0 Å². The number of hydrogen-bond donors (Lipinski definition) is 0. The van der Waals surface area contributed by atoms with Gasteiger partial charge in [0, 0.05) is 13.1 Å². The van der Waals surface area contributed by atoms with E-state index in [0.717, 1.165) is 13.2 Å². The fourth-order valence-corrected chi connectivity index (χ4v) is 1.56. The van der Waals surface area contributed by atoms with Crippen LogP contribution in [0.15, 0.2) is 0 Å². The standard InChI is InChI=1S/C9H17NO2/c1-10-4-2-8(3-5-10)11-6-9-7-12-9/h8-9H,2-7H2,1H3. The van der Waals surface area contributed by atoms with Gasteiger partial charge in [0.2, 0.25) is 0 Å². The molecular formula is C9H17NO2. The van der Waals surface area contributed by atoms with Gasteiger partial charge in [-0.1, -0.05) is 0 Å². The van der Waals surface area contributed by atoms with Crippen LogP contribution in [0.3, 0.4) is 0 Å². The third kappa shape index (κ3) is 2.44. The zero-order valence-electron chi connectivity index (χ0n) is 7.66. The van der Waals surface area contributed by atoms with Gasteiger partial charge in [-0.15, -0.1) is 0 Å². The SMILES string of the molecule is CN1CCC(OCC2CO2)CC1. The zero-order valence-corrected chi connectivity index (χ0v) is 7.66. The average Bonchev–Trinajstić information content (AvgIpc) is 2.87. The van der Waals surface area contributed by atoms with Gasteiger partial charge in [-0.05, 0) is 19.9 Å². The molecule has 0 spiro atoms. The molecule has 1 atom stereocenters. The summed E-state index contributed by atoms with van der Waals surface area (Å²) in [6.07, 6.45) is 3.28. The minimum Gasteiger partial charge on any atom is -0.375 e. The molecule has 0 radical (unpaired) electrons. The van der Waals surface area contributed by atoms with Gasteiger partial charge in [-0.2, -0.15) is 0 Å². The van der Waals surface area contributed by atoms with Crippen molar-refractivity contribution in [2.24, 2.45) is 0 Å². The topological polar surface area (TPSA) is 25.0 Å². The van der Waals surface area contributed by atoms with Crippen LogP contribution in [0.5, 0.6) is 0 Å². The number of nitrogens with zero attached hydrogens (tertiary/aromatic N) is 1. The van der Waals surface area contributed by atoms with Crippen molar-refractivity contribution < 1.29 is 9.47 Å². The van der Waals surface area contributed by atoms with E-state index in [1.54, 1.807) is 0 Å². The molecule has 0 aromatic rings. The number of ether oxygens (including phenoxy) is 2. The summed E-state index contributed by atoms with van der Waals surface area (Å²) >= 11 is 0. The molecule has 0 bridgehead atoms. The molecule has 2 fully saturated rings. The van der Waals surface area contributed by atoms with E-state index in [9.17, 15) is 0 Å². The van der Waals surface area contributed by atoms with E-state index >= 15 is 0 Å². The first-order valence-electron chi connectivity index (χ1n) is 4.76. The number of rotatable bonds is 3. The highest BCUT2D eigenvalue weighted by Crippen LogP contribution is 2.15. The van der Waals surface area contributed by atoms with Crippen molar-refractivity contribution >= 4 is 0 Å². The Morgan fingerprint density at radius 2 is 2.08 bits per heavy atom. The van der Waals surface area contributed by atoms with Crippen LogP contribution in [0.25, 0.3) is 0 Å². The highest BCUT2D eigenvalue weighted by Gasteiger charge is 2.25. The smallest absolute Gasteiger partial charge is 0.104 e. The summed E-state index contributed by atoms with van der Waals surface area (Å²) in [5.41, 5.74) is 0. The second-order valence-corrected chi connectivity index (χ2v) is 3.79. The second kappa shape index (κ2) is 3.73. The molecule has 2 aliphatic rings. The lowest BCUT2D eigenvalue weighted by atomic mass is 10.1. The fourth-order valence-electron chi connectivity index (χ4n) is 1.56. The number of hydrogen-bond acceptors (Lipinski definition) is 3. The molecule has 2 heterocycles. The van der Waals surface area contributed by atoms with Crippen LogP contribution >= 0.6 is 0 Å². The Morgan fingerprint density at radius 1 is 1.42 bits per heavy atom. The summed E-state index contributed by atoms with van der Waals surface area (Å²) in [6.45, 7) is 4.08. The number of likely N-dealkylation sites (tertiary alicyclic amines) is 1. The molecule has 0 N–H and O–H groups in total. The van der Waals surface area contributed by atoms with Crippen molar-refractivity contribution in [1.29, 1.82) is 0 Å². The predicted molar refractivity (Wildman–Crippen MR) is 46.2 cm³/mol. The van der Waals surface area contributed by atoms with Crippen LogP contribution in [-0.4, -0.2) is 50.5 Å². The summed E-state index contributed by atoms with van der Waals surface area (Å²) in [4.78, 5) is 2.35. The van der Waals surface area contributed by atoms with E-state index in [1.165, 1.54) is 25.9 Å². The molecule has 2 rings (SSSR count). The Hall–Kier alpha value is -0.120. The number of piperidine rings is 1. The Balaban J connectivity index is 1.60. The first-order chi connectivity index (χ1) is 5.84. The maximum atomic E-state index is 5.70. The van der Waals surface area contributed by atoms with Crippen LogP contribution in [0.2, 0.25) is 0 Å². The molecule has 1 unspecified atom stereocenters. The molecule has 70 valence electrons. The van der Waals surface area contributed by atoms with Gasteiger partial charge in [0.25, 0.3) is 0 Å². The molecule has 0 aliphatic carbocycles. The van der Waals surface area contributed by atoms with E-state index in [0.29, 0.717) is 12.2 Å². The Labute approximate surface area is 73.6 Å². The third-order valence-corrected chi connectivity index (χ3v) is 2.59. The highest BCUT2D eigenvalue weighted by atomic mass is 16.6. The van der Waals surface area contributed by atoms with Crippen molar-refractivity contribution in [2.75, 3.05) is 33.4 Å². The van der Waals surface area contributed by atoms with Gasteiger partial charge in [0.15, 0.2) is 0 Å². The lowest BCUT2D eigenvalue weighted by Crippen LogP contribution is -2.34. The number of epoxide rings is 1. The largest absolute Gasteiger partial charge is 0.375 e. The van der Waals surface area contributed by atoms with Gasteiger partial charge in [-0.25, -0.2) is 0 Å². The first-order valence-corrected chi connectivity index (χ1v) is 4.76. The lowest BCUT2D eigenvalue weighted by molar-refractivity contribution is 0.00547. The molecule has 12 heavy (non-hydrogen) atoms. The minimum absolute atomic E-state index is 0.421. The lowest BCUT2D eigenvalue weighted by Gasteiger charge is -2.28. The van der Waals surface area contributed by atoms with Crippen molar-refractivity contribution in [2.45, 2.75) is 25.0 Å². The second-order valence-electron chi connectivity index (χ2n) is 3.79. The van der Waals surface area contributed by atoms with Crippen molar-refractivity contribution in [3.63, 3.8) is 0 Å². The quantitative estimate of drug-likeness (QED) is 0.578. The molecule has 0 aromatic heterocycles. The Bertz CT molecular complexity index is 139. The summed E-state index contributed by atoms with van der Waals surface area (Å²) in [5, 5.41) is 0. The minimum atomic E-state index is 0.421. The van der Waals surface area contributed by atoms with Crippen molar-refractivity contribution in [3.8, 4) is 0 Å². The molecule has 3 heteroatoms. The van der Waals surface area contributed by atoms with E-state index < -0.39 is 0 Å². The summed E-state index contributed by atoms with van der Waals surface area (Å²) in [5.74, 6) is 0. The third-order valence-electron chi connectivity index (χ3n) is 2.59. The van der Waals surface area contributed by atoms with Gasteiger partial charge in [0.05, 0.1) is 19.3 Å². The summed E-state index contributed by atoms with van der Waals surface area (Å²) < 4.78 is 10.8. The van der Waals surface area contributed by atoms with E-state index in [2.05, 4.69) is 11.9 Å². The monoisotopic (exact) mass is 171 g/mol. The van der Waals surface area contributed by atoms with E-state index in [-0.39, 0.29) is 0 Å². The zero-order chi connectivity index (χ0) is 8.39. The van der Waals surface area contributed by atoms with Crippen LogP contribution in [-0.2, 0) is 9.47 Å². The van der Waals surface area contributed by atoms with Crippen LogP contribution in [0.4, 0.5) is 0 Å². The molecular weight excluding hydrogens is 154 g/mol. The van der Waals surface area contributed by atoms with Crippen LogP contribution < -0.4 is 0 Å². The maximum Gasteiger partial charge on any atom is 0.104 e. The van der Waals surface area contributed by atoms with E-state index in [4.69, 9.17) is 9.47 Å². The van der Waals surface area contributed by atoms with Gasteiger partial charge < -0.3 is 14.4 Å². The van der Waals surface area contributed by atoms with Gasteiger partial charge >= 0.3 is 0 Å².